The van der Waals surface area contributed by atoms with Crippen molar-refractivity contribution in [3.63, 3.8) is 0 Å². The molecule has 0 bridgehead atoms. The summed E-state index contributed by atoms with van der Waals surface area (Å²) in [6.07, 6.45) is 4.96. The van der Waals surface area contributed by atoms with E-state index in [0.717, 1.165) is 6.42 Å². The van der Waals surface area contributed by atoms with Gasteiger partial charge in [0.15, 0.2) is 11.6 Å². The number of aliphatic hydroxyl groups excluding tert-OH is 1. The minimum Gasteiger partial charge on any atom is -0.504 e. The monoisotopic (exact) mass is 552 g/mol. The average molecular weight is 553 g/mol. The van der Waals surface area contributed by atoms with Crippen molar-refractivity contribution in [2.45, 2.75) is 58.4 Å². The lowest BCUT2D eigenvalue weighted by atomic mass is 9.62. The number of carboxylic acids is 1. The molecule has 0 saturated heterocycles. The molecule has 40 heavy (non-hydrogen) atoms. The predicted octanol–water partition coefficient (Wildman–Crippen LogP) is 7.22. The van der Waals surface area contributed by atoms with Crippen molar-refractivity contribution in [2.75, 3.05) is 12.0 Å². The first-order valence-corrected chi connectivity index (χ1v) is 13.3. The van der Waals surface area contributed by atoms with Gasteiger partial charge in [-0.25, -0.2) is 18.0 Å². The molecule has 3 unspecified atom stereocenters. The Kier molecular flexibility index (Phi) is 6.64. The SMILES string of the molecule is COC1=C(C(=O)O)C=CC(C2=C(C3(CC#N)CCC3)N(c3ccc(F)c(C)c3)C3(C)CC(F)=C(F)C(O)=C23)C1C. The molecular formula is C31H31F3N2O4. The van der Waals surface area contributed by atoms with Crippen LogP contribution in [0.1, 0.15) is 51.5 Å². The third kappa shape index (κ3) is 3.80. The fourth-order valence-corrected chi connectivity index (χ4v) is 7.01. The molecule has 0 radical (unpaired) electrons. The van der Waals surface area contributed by atoms with Crippen LogP contribution in [-0.4, -0.2) is 28.8 Å². The van der Waals surface area contributed by atoms with Crippen LogP contribution in [0.25, 0.3) is 0 Å². The average Bonchev–Trinajstić information content (AvgIpc) is 3.14. The number of fused-ring (bicyclic) bond motifs is 1. The number of allylic oxidation sites excluding steroid dienone is 4. The van der Waals surface area contributed by atoms with Crippen LogP contribution < -0.4 is 4.90 Å². The van der Waals surface area contributed by atoms with Gasteiger partial charge in [-0.15, -0.1) is 0 Å². The number of rotatable bonds is 6. The molecule has 9 heteroatoms. The largest absolute Gasteiger partial charge is 0.504 e. The topological polar surface area (TPSA) is 93.8 Å². The fourth-order valence-electron chi connectivity index (χ4n) is 7.01. The number of benzene rings is 1. The number of aryl methyl sites for hydroxylation is 1. The van der Waals surface area contributed by atoms with Gasteiger partial charge in [0.05, 0.1) is 24.3 Å². The van der Waals surface area contributed by atoms with E-state index in [1.54, 1.807) is 39.0 Å². The van der Waals surface area contributed by atoms with E-state index in [2.05, 4.69) is 6.07 Å². The zero-order valence-corrected chi connectivity index (χ0v) is 22.8. The van der Waals surface area contributed by atoms with Crippen LogP contribution in [-0.2, 0) is 9.53 Å². The van der Waals surface area contributed by atoms with Crippen molar-refractivity contribution in [3.05, 3.63) is 87.3 Å². The summed E-state index contributed by atoms with van der Waals surface area (Å²) in [6.45, 7) is 5.11. The Morgan fingerprint density at radius 1 is 1.27 bits per heavy atom. The van der Waals surface area contributed by atoms with E-state index < -0.39 is 58.4 Å². The zero-order chi connectivity index (χ0) is 29.1. The number of aliphatic hydroxyl groups is 1. The molecular weight excluding hydrogens is 521 g/mol. The highest BCUT2D eigenvalue weighted by molar-refractivity contribution is 5.91. The molecule has 1 aromatic carbocycles. The van der Waals surface area contributed by atoms with Crippen LogP contribution in [0.4, 0.5) is 18.9 Å². The van der Waals surface area contributed by atoms with Gasteiger partial charge in [0.1, 0.15) is 17.4 Å². The normalized spacial score (nSPS) is 27.6. The second-order valence-corrected chi connectivity index (χ2v) is 11.4. The molecule has 6 nitrogen and oxygen atoms in total. The van der Waals surface area contributed by atoms with Crippen LogP contribution in [0.3, 0.4) is 0 Å². The van der Waals surface area contributed by atoms with Gasteiger partial charge >= 0.3 is 5.97 Å². The van der Waals surface area contributed by atoms with Crippen LogP contribution in [0.5, 0.6) is 0 Å². The van der Waals surface area contributed by atoms with Crippen molar-refractivity contribution in [2.24, 2.45) is 17.3 Å². The van der Waals surface area contributed by atoms with E-state index >= 15 is 8.78 Å². The first kappa shape index (κ1) is 27.6. The van der Waals surface area contributed by atoms with Gasteiger partial charge in [0.25, 0.3) is 0 Å². The number of aliphatic carboxylic acids is 1. The Balaban J connectivity index is 1.88. The maximum Gasteiger partial charge on any atom is 0.339 e. The number of methoxy groups -OCH3 is 1. The Morgan fingerprint density at radius 3 is 2.52 bits per heavy atom. The van der Waals surface area contributed by atoms with Crippen molar-refractivity contribution in [1.29, 1.82) is 5.26 Å². The van der Waals surface area contributed by atoms with Crippen molar-refractivity contribution < 1.29 is 32.9 Å². The molecule has 3 aliphatic carbocycles. The summed E-state index contributed by atoms with van der Waals surface area (Å²) in [4.78, 5) is 13.8. The van der Waals surface area contributed by atoms with E-state index in [4.69, 9.17) is 4.74 Å². The van der Waals surface area contributed by atoms with Crippen LogP contribution in [0.15, 0.2) is 75.9 Å². The summed E-state index contributed by atoms with van der Waals surface area (Å²) in [5, 5.41) is 30.9. The molecule has 210 valence electrons. The summed E-state index contributed by atoms with van der Waals surface area (Å²) >= 11 is 0. The zero-order valence-electron chi connectivity index (χ0n) is 22.8. The number of nitriles is 1. The van der Waals surface area contributed by atoms with Gasteiger partial charge < -0.3 is 19.8 Å². The fraction of sp³-hybridized carbons (Fsp3) is 0.419. The molecule has 1 aromatic rings. The smallest absolute Gasteiger partial charge is 0.339 e. The van der Waals surface area contributed by atoms with Gasteiger partial charge in [-0.2, -0.15) is 5.26 Å². The lowest BCUT2D eigenvalue weighted by molar-refractivity contribution is -0.132. The second kappa shape index (κ2) is 9.61. The number of carbonyl (C=O) groups is 1. The highest BCUT2D eigenvalue weighted by atomic mass is 19.2. The Hall–Kier alpha value is -3.93. The molecule has 1 fully saturated rings. The van der Waals surface area contributed by atoms with Gasteiger partial charge in [-0.05, 0) is 62.1 Å². The molecule has 1 saturated carbocycles. The van der Waals surface area contributed by atoms with Crippen LogP contribution in [0, 0.1) is 41.3 Å². The molecule has 3 atom stereocenters. The summed E-state index contributed by atoms with van der Waals surface area (Å²) < 4.78 is 50.3. The van der Waals surface area contributed by atoms with E-state index in [1.165, 1.54) is 19.3 Å². The molecule has 2 N–H and O–H groups in total. The highest BCUT2D eigenvalue weighted by Crippen LogP contribution is 2.64. The molecule has 4 aliphatic rings. The van der Waals surface area contributed by atoms with E-state index in [1.807, 2.05) is 4.90 Å². The summed E-state index contributed by atoms with van der Waals surface area (Å²) in [5.74, 6) is -5.79. The van der Waals surface area contributed by atoms with E-state index in [9.17, 15) is 24.7 Å². The first-order chi connectivity index (χ1) is 18.9. The van der Waals surface area contributed by atoms with Crippen LogP contribution in [0.2, 0.25) is 0 Å². The highest BCUT2D eigenvalue weighted by Gasteiger charge is 2.59. The summed E-state index contributed by atoms with van der Waals surface area (Å²) in [5.41, 5.74) is 0.205. The standard InChI is InChI=1S/C31H31F3N2O4/c1-16-14-18(6-9-21(16)32)36-28(31(12-13-35)10-5-11-31)23(24-26(37)25(34)22(33)15-30(24,36)3)19-7-8-20(29(38)39)27(40-4)17(19)2/h6-9,14,17,19,37H,5,10-12,15H2,1-4H3,(H,38,39). The number of hydrogen-bond acceptors (Lipinski definition) is 5. The first-order valence-electron chi connectivity index (χ1n) is 13.3. The minimum atomic E-state index is -1.34. The lowest BCUT2D eigenvalue weighted by Gasteiger charge is -2.49. The summed E-state index contributed by atoms with van der Waals surface area (Å²) in [6, 6.07) is 6.81. The maximum atomic E-state index is 15.2. The number of hydrogen-bond donors (Lipinski definition) is 2. The molecule has 1 aliphatic heterocycles. The van der Waals surface area contributed by atoms with E-state index in [0.29, 0.717) is 35.4 Å². The van der Waals surface area contributed by atoms with Gasteiger partial charge in [-0.1, -0.05) is 19.4 Å². The lowest BCUT2D eigenvalue weighted by Crippen LogP contribution is -2.49. The minimum absolute atomic E-state index is 0.0190. The quantitative estimate of drug-likeness (QED) is 0.387. The second-order valence-electron chi connectivity index (χ2n) is 11.4. The Labute approximate surface area is 231 Å². The number of anilines is 1. The molecule has 1 heterocycles. The predicted molar refractivity (Wildman–Crippen MR) is 143 cm³/mol. The number of nitrogens with zero attached hydrogens (tertiary/aromatic N) is 2. The Bertz CT molecular complexity index is 1510. The van der Waals surface area contributed by atoms with Crippen molar-refractivity contribution in [3.8, 4) is 6.07 Å². The summed E-state index contributed by atoms with van der Waals surface area (Å²) in [7, 11) is 1.38. The molecule has 5 rings (SSSR count). The third-order valence-corrected chi connectivity index (χ3v) is 9.06. The van der Waals surface area contributed by atoms with Crippen LogP contribution >= 0.6 is 0 Å². The van der Waals surface area contributed by atoms with Crippen molar-refractivity contribution in [1.82, 2.24) is 0 Å². The van der Waals surface area contributed by atoms with Gasteiger partial charge in [0.2, 0.25) is 0 Å². The number of halogens is 3. The van der Waals surface area contributed by atoms with Gasteiger partial charge in [0, 0.05) is 47.0 Å². The molecule has 0 amide bonds. The maximum absolute atomic E-state index is 15.2. The van der Waals surface area contributed by atoms with Gasteiger partial charge in [-0.3, -0.25) is 0 Å². The third-order valence-electron chi connectivity index (χ3n) is 9.06. The molecule has 0 spiro atoms. The molecule has 0 aromatic heterocycles. The number of ether oxygens (including phenoxy) is 1. The number of carboxylic acid groups (broad SMARTS) is 1. The van der Waals surface area contributed by atoms with Crippen molar-refractivity contribution >= 4 is 11.7 Å². The van der Waals surface area contributed by atoms with E-state index in [-0.39, 0.29) is 23.3 Å². The Morgan fingerprint density at radius 2 is 1.98 bits per heavy atom.